The minimum absolute atomic E-state index is 0.211. The van der Waals surface area contributed by atoms with Crippen molar-refractivity contribution < 1.29 is 13.6 Å². The first-order valence-electron chi connectivity index (χ1n) is 8.91. The lowest BCUT2D eigenvalue weighted by Crippen LogP contribution is -2.18. The van der Waals surface area contributed by atoms with Crippen LogP contribution in [0.1, 0.15) is 41.6 Å². The fourth-order valence-electron chi connectivity index (χ4n) is 3.66. The van der Waals surface area contributed by atoms with Gasteiger partial charge < -0.3 is 15.1 Å². The second-order valence-electron chi connectivity index (χ2n) is 6.80. The Bertz CT molecular complexity index is 976. The van der Waals surface area contributed by atoms with Gasteiger partial charge in [0.15, 0.2) is 0 Å². The average molecular weight is 352 g/mol. The summed E-state index contributed by atoms with van der Waals surface area (Å²) < 4.78 is 19.4. The van der Waals surface area contributed by atoms with Gasteiger partial charge in [-0.05, 0) is 54.7 Å². The van der Waals surface area contributed by atoms with Crippen LogP contribution in [0, 0.1) is 5.82 Å². The second kappa shape index (κ2) is 6.48. The number of fused-ring (bicyclic) bond motifs is 2. The van der Waals surface area contributed by atoms with Gasteiger partial charge in [-0.15, -0.1) is 0 Å². The fourth-order valence-corrected chi connectivity index (χ4v) is 3.66. The van der Waals surface area contributed by atoms with Gasteiger partial charge in [0.2, 0.25) is 0 Å². The average Bonchev–Trinajstić information content (AvgIpc) is 2.92. The van der Waals surface area contributed by atoms with Gasteiger partial charge in [-0.25, -0.2) is 4.39 Å². The van der Waals surface area contributed by atoms with Crippen LogP contribution in [-0.4, -0.2) is 19.5 Å². The van der Waals surface area contributed by atoms with Crippen LogP contribution < -0.4 is 10.6 Å². The first kappa shape index (κ1) is 16.6. The number of anilines is 1. The van der Waals surface area contributed by atoms with Gasteiger partial charge in [0.1, 0.15) is 17.2 Å². The molecule has 0 unspecified atom stereocenters. The Kier molecular flexibility index (Phi) is 4.15. The van der Waals surface area contributed by atoms with Crippen molar-refractivity contribution in [1.82, 2.24) is 5.32 Å². The van der Waals surface area contributed by atoms with Crippen molar-refractivity contribution in [1.29, 1.82) is 0 Å². The van der Waals surface area contributed by atoms with Crippen LogP contribution in [0.3, 0.4) is 0 Å². The molecule has 4 nitrogen and oxygen atoms in total. The number of nitrogens with one attached hydrogen (secondary N) is 2. The molecule has 0 spiro atoms. The van der Waals surface area contributed by atoms with E-state index in [4.69, 9.17) is 4.42 Å². The number of furan rings is 1. The molecule has 0 saturated heterocycles. The summed E-state index contributed by atoms with van der Waals surface area (Å²) in [6.07, 6.45) is 2.21. The first-order valence-corrected chi connectivity index (χ1v) is 8.91. The highest BCUT2D eigenvalue weighted by Gasteiger charge is 2.24. The first-order chi connectivity index (χ1) is 12.6. The molecular weight excluding hydrogens is 331 g/mol. The molecule has 1 atom stereocenters. The summed E-state index contributed by atoms with van der Waals surface area (Å²) in [6.45, 7) is 3.13. The van der Waals surface area contributed by atoms with E-state index in [0.29, 0.717) is 28.4 Å². The highest BCUT2D eigenvalue weighted by atomic mass is 19.1. The molecular formula is C21H21FN2O2. The summed E-state index contributed by atoms with van der Waals surface area (Å²) in [7, 11) is 1.60. The van der Waals surface area contributed by atoms with Gasteiger partial charge in [-0.1, -0.05) is 6.92 Å². The van der Waals surface area contributed by atoms with Crippen molar-refractivity contribution in [3.8, 4) is 11.3 Å². The summed E-state index contributed by atoms with van der Waals surface area (Å²) in [5, 5.41) is 6.94. The quantitative estimate of drug-likeness (QED) is 0.689. The van der Waals surface area contributed by atoms with E-state index in [2.05, 4.69) is 23.6 Å². The molecule has 0 radical (unpaired) electrons. The molecule has 2 aromatic carbocycles. The van der Waals surface area contributed by atoms with Gasteiger partial charge in [0.25, 0.3) is 5.91 Å². The zero-order valence-corrected chi connectivity index (χ0v) is 14.9. The van der Waals surface area contributed by atoms with Crippen LogP contribution in [-0.2, 0) is 0 Å². The number of benzene rings is 2. The molecule has 5 heteroatoms. The van der Waals surface area contributed by atoms with Crippen LogP contribution in [0.2, 0.25) is 0 Å². The Morgan fingerprint density at radius 1 is 1.27 bits per heavy atom. The Morgan fingerprint density at radius 2 is 2.04 bits per heavy atom. The lowest BCUT2D eigenvalue weighted by molar-refractivity contribution is 0.0964. The Balaban J connectivity index is 1.98. The van der Waals surface area contributed by atoms with Gasteiger partial charge >= 0.3 is 0 Å². The Labute approximate surface area is 151 Å². The molecule has 0 bridgehead atoms. The maximum Gasteiger partial charge on any atom is 0.255 e. The molecule has 3 aromatic rings. The van der Waals surface area contributed by atoms with E-state index >= 15 is 0 Å². The van der Waals surface area contributed by atoms with Gasteiger partial charge in [0.05, 0.1) is 5.56 Å². The summed E-state index contributed by atoms with van der Waals surface area (Å²) in [5.41, 5.74) is 4.09. The van der Waals surface area contributed by atoms with Crippen LogP contribution in [0.25, 0.3) is 22.3 Å². The SMILES string of the molecule is CNC(=O)c1c(-c2ccc(F)cc2)oc2cc3c(cc12)[C@@H](C)CCCN3. The molecule has 0 aliphatic carbocycles. The molecule has 1 amide bonds. The third kappa shape index (κ3) is 2.73. The zero-order valence-electron chi connectivity index (χ0n) is 14.9. The molecule has 26 heavy (non-hydrogen) atoms. The van der Waals surface area contributed by atoms with Crippen molar-refractivity contribution in [3.05, 3.63) is 53.3 Å². The lowest BCUT2D eigenvalue weighted by Gasteiger charge is -2.12. The van der Waals surface area contributed by atoms with Crippen LogP contribution in [0.15, 0.2) is 40.8 Å². The summed E-state index contributed by atoms with van der Waals surface area (Å²) in [5.74, 6) is 0.339. The van der Waals surface area contributed by atoms with E-state index in [9.17, 15) is 9.18 Å². The van der Waals surface area contributed by atoms with Crippen molar-refractivity contribution >= 4 is 22.6 Å². The monoisotopic (exact) mass is 352 g/mol. The van der Waals surface area contributed by atoms with Gasteiger partial charge in [-0.3, -0.25) is 4.79 Å². The number of carbonyl (C=O) groups excluding carboxylic acids is 1. The number of halogens is 1. The largest absolute Gasteiger partial charge is 0.455 e. The van der Waals surface area contributed by atoms with E-state index in [1.54, 1.807) is 19.2 Å². The minimum atomic E-state index is -0.323. The highest BCUT2D eigenvalue weighted by Crippen LogP contribution is 2.40. The molecule has 0 saturated carbocycles. The predicted molar refractivity (Wildman–Crippen MR) is 101 cm³/mol. The second-order valence-corrected chi connectivity index (χ2v) is 6.80. The molecule has 134 valence electrons. The number of hydrogen-bond donors (Lipinski definition) is 2. The highest BCUT2D eigenvalue weighted by molar-refractivity contribution is 6.11. The van der Waals surface area contributed by atoms with E-state index in [1.165, 1.54) is 17.7 Å². The lowest BCUT2D eigenvalue weighted by atomic mass is 9.93. The molecule has 2 N–H and O–H groups in total. The maximum atomic E-state index is 13.3. The summed E-state index contributed by atoms with van der Waals surface area (Å²) >= 11 is 0. The van der Waals surface area contributed by atoms with Crippen molar-refractivity contribution in [2.45, 2.75) is 25.7 Å². The van der Waals surface area contributed by atoms with Crippen molar-refractivity contribution in [2.75, 3.05) is 18.9 Å². The summed E-state index contributed by atoms with van der Waals surface area (Å²) in [4.78, 5) is 12.6. The van der Waals surface area contributed by atoms with E-state index < -0.39 is 0 Å². The summed E-state index contributed by atoms with van der Waals surface area (Å²) in [6, 6.07) is 10.0. The smallest absolute Gasteiger partial charge is 0.255 e. The third-order valence-electron chi connectivity index (χ3n) is 5.08. The normalized spacial score (nSPS) is 16.7. The molecule has 1 aliphatic rings. The molecule has 1 aromatic heterocycles. The predicted octanol–water partition coefficient (Wildman–Crippen LogP) is 4.91. The molecule has 2 heterocycles. The fraction of sp³-hybridized carbons (Fsp3) is 0.286. The molecule has 0 fully saturated rings. The number of hydrogen-bond acceptors (Lipinski definition) is 3. The third-order valence-corrected chi connectivity index (χ3v) is 5.08. The van der Waals surface area contributed by atoms with E-state index in [1.807, 2.05) is 6.07 Å². The van der Waals surface area contributed by atoms with Crippen LogP contribution in [0.4, 0.5) is 10.1 Å². The van der Waals surface area contributed by atoms with Gasteiger partial charge in [0, 0.05) is 36.3 Å². The standard InChI is InChI=1S/C21H21FN2O2/c1-12-4-3-9-24-17-11-18-16(10-15(12)17)19(21(25)23-2)20(26-18)13-5-7-14(22)8-6-13/h5-8,10-12,24H,3-4,9H2,1-2H3,(H,23,25)/t12-/m0/s1. The zero-order chi connectivity index (χ0) is 18.3. The molecule has 1 aliphatic heterocycles. The minimum Gasteiger partial charge on any atom is -0.455 e. The van der Waals surface area contributed by atoms with Crippen molar-refractivity contribution in [3.63, 3.8) is 0 Å². The molecule has 4 rings (SSSR count). The maximum absolute atomic E-state index is 13.3. The number of amides is 1. The van der Waals surface area contributed by atoms with Crippen LogP contribution >= 0.6 is 0 Å². The van der Waals surface area contributed by atoms with E-state index in [-0.39, 0.29) is 11.7 Å². The topological polar surface area (TPSA) is 54.3 Å². The van der Waals surface area contributed by atoms with Crippen molar-refractivity contribution in [2.24, 2.45) is 0 Å². The van der Waals surface area contributed by atoms with Gasteiger partial charge in [-0.2, -0.15) is 0 Å². The number of carbonyl (C=O) groups is 1. The number of rotatable bonds is 2. The Morgan fingerprint density at radius 3 is 2.77 bits per heavy atom. The van der Waals surface area contributed by atoms with Crippen LogP contribution in [0.5, 0.6) is 0 Å². The van der Waals surface area contributed by atoms with E-state index in [0.717, 1.165) is 30.5 Å². The Hall–Kier alpha value is -2.82.